The first kappa shape index (κ1) is 20.3. The number of benzene rings is 1. The van der Waals surface area contributed by atoms with Gasteiger partial charge in [0, 0.05) is 12.0 Å². The predicted molar refractivity (Wildman–Crippen MR) is 87.9 cm³/mol. The molecule has 0 aromatic heterocycles. The lowest BCUT2D eigenvalue weighted by Gasteiger charge is -2.15. The van der Waals surface area contributed by atoms with Crippen molar-refractivity contribution in [3.8, 4) is 0 Å². The van der Waals surface area contributed by atoms with Gasteiger partial charge in [-0.2, -0.15) is 0 Å². The molecule has 1 aliphatic heterocycles. The molecule has 2 rings (SSSR count). The Morgan fingerprint density at radius 2 is 1.88 bits per heavy atom. The number of rotatable bonds is 7. The molecule has 1 aromatic carbocycles. The minimum Gasteiger partial charge on any atom is -0.463 e. The Morgan fingerprint density at radius 3 is 2.46 bits per heavy atom. The fraction of sp³-hybridized carbons (Fsp3) is 0.375. The minimum atomic E-state index is -1.95. The lowest BCUT2D eigenvalue weighted by molar-refractivity contribution is -0.156. The number of carbonyl (C=O) groups excluding carboxylic acids is 4. The van der Waals surface area contributed by atoms with E-state index in [1.54, 1.807) is 0 Å². The first-order valence-corrected chi connectivity index (χ1v) is 8.20. The van der Waals surface area contributed by atoms with Crippen LogP contribution < -0.4 is 0 Å². The van der Waals surface area contributed by atoms with Gasteiger partial charge in [-0.1, -0.05) is 23.2 Å². The number of aliphatic hydroxyl groups is 2. The van der Waals surface area contributed by atoms with Crippen molar-refractivity contribution in [1.29, 1.82) is 0 Å². The number of carbonyl (C=O) groups is 4. The molecule has 1 fully saturated rings. The number of halogens is 2. The van der Waals surface area contributed by atoms with Crippen molar-refractivity contribution in [2.75, 3.05) is 6.61 Å². The van der Waals surface area contributed by atoms with Crippen LogP contribution in [-0.4, -0.2) is 58.6 Å². The van der Waals surface area contributed by atoms with Crippen LogP contribution in [-0.2, 0) is 23.9 Å². The van der Waals surface area contributed by atoms with Crippen molar-refractivity contribution in [2.45, 2.75) is 31.2 Å². The number of esters is 2. The van der Waals surface area contributed by atoms with Crippen LogP contribution in [0.2, 0.25) is 10.0 Å². The highest BCUT2D eigenvalue weighted by Crippen LogP contribution is 2.23. The quantitative estimate of drug-likeness (QED) is 0.386. The van der Waals surface area contributed by atoms with E-state index in [-0.39, 0.29) is 29.2 Å². The number of hydrogen-bond acceptors (Lipinski definition) is 8. The second-order valence-electron chi connectivity index (χ2n) is 5.46. The summed E-state index contributed by atoms with van der Waals surface area (Å²) >= 11 is 11.6. The molecule has 0 aliphatic carbocycles. The van der Waals surface area contributed by atoms with Crippen LogP contribution in [0.3, 0.4) is 0 Å². The van der Waals surface area contributed by atoms with E-state index in [1.165, 1.54) is 18.2 Å². The van der Waals surface area contributed by atoms with Crippen molar-refractivity contribution in [3.05, 3.63) is 33.8 Å². The first-order chi connectivity index (χ1) is 12.2. The lowest BCUT2D eigenvalue weighted by Crippen LogP contribution is -2.38. The van der Waals surface area contributed by atoms with E-state index >= 15 is 0 Å². The van der Waals surface area contributed by atoms with Crippen LogP contribution in [0.15, 0.2) is 18.2 Å². The number of ether oxygens (including phenoxy) is 2. The molecular formula is C16H14Cl2O8. The van der Waals surface area contributed by atoms with Gasteiger partial charge in [-0.3, -0.25) is 14.4 Å². The van der Waals surface area contributed by atoms with Crippen LogP contribution in [0, 0.1) is 0 Å². The van der Waals surface area contributed by atoms with Gasteiger partial charge in [-0.25, -0.2) is 4.79 Å². The van der Waals surface area contributed by atoms with E-state index < -0.39 is 42.6 Å². The van der Waals surface area contributed by atoms with Gasteiger partial charge in [0.2, 0.25) is 11.9 Å². The Labute approximate surface area is 157 Å². The van der Waals surface area contributed by atoms with Crippen molar-refractivity contribution in [1.82, 2.24) is 0 Å². The molecule has 0 saturated carbocycles. The molecular weight excluding hydrogens is 391 g/mol. The highest BCUT2D eigenvalue weighted by molar-refractivity contribution is 6.42. The van der Waals surface area contributed by atoms with E-state index in [0.717, 1.165) is 0 Å². The Hall–Kier alpha value is -2.00. The second kappa shape index (κ2) is 8.59. The van der Waals surface area contributed by atoms with Crippen LogP contribution in [0.1, 0.15) is 23.2 Å². The monoisotopic (exact) mass is 404 g/mol. The molecule has 1 heterocycles. The molecule has 1 aliphatic rings. The zero-order chi connectivity index (χ0) is 19.4. The summed E-state index contributed by atoms with van der Waals surface area (Å²) in [6.45, 7) is -0.629. The zero-order valence-corrected chi connectivity index (χ0v) is 14.7. The Balaban J connectivity index is 1.78. The van der Waals surface area contributed by atoms with E-state index in [0.29, 0.717) is 5.02 Å². The maximum Gasteiger partial charge on any atom is 0.343 e. The normalized spacial score (nSPS) is 20.6. The molecule has 3 unspecified atom stereocenters. The van der Waals surface area contributed by atoms with Gasteiger partial charge in [0.25, 0.3) is 0 Å². The van der Waals surface area contributed by atoms with Gasteiger partial charge in [-0.05, 0) is 18.2 Å². The maximum atomic E-state index is 12.0. The average Bonchev–Trinajstić information content (AvgIpc) is 2.87. The van der Waals surface area contributed by atoms with E-state index in [4.69, 9.17) is 33.0 Å². The summed E-state index contributed by atoms with van der Waals surface area (Å²) in [7, 11) is 0. The van der Waals surface area contributed by atoms with Crippen LogP contribution in [0.5, 0.6) is 0 Å². The van der Waals surface area contributed by atoms with Crippen LogP contribution in [0.4, 0.5) is 0 Å². The predicted octanol–water partition coefficient (Wildman–Crippen LogP) is 0.716. The molecule has 0 amide bonds. The molecule has 3 atom stereocenters. The van der Waals surface area contributed by atoms with Crippen LogP contribution in [0.25, 0.3) is 0 Å². The van der Waals surface area contributed by atoms with Gasteiger partial charge in [-0.15, -0.1) is 0 Å². The zero-order valence-electron chi connectivity index (χ0n) is 13.2. The largest absolute Gasteiger partial charge is 0.463 e. The number of cyclic esters (lactones) is 1. The topological polar surface area (TPSA) is 127 Å². The van der Waals surface area contributed by atoms with Crippen molar-refractivity contribution < 1.29 is 38.9 Å². The summed E-state index contributed by atoms with van der Waals surface area (Å²) in [5, 5.41) is 19.4. The minimum absolute atomic E-state index is 0.164. The summed E-state index contributed by atoms with van der Waals surface area (Å²) in [6.07, 6.45) is -5.59. The molecule has 0 bridgehead atoms. The Kier molecular flexibility index (Phi) is 6.71. The summed E-state index contributed by atoms with van der Waals surface area (Å²) in [5.41, 5.74) is 0.282. The molecule has 2 N–H and O–H groups in total. The Morgan fingerprint density at radius 1 is 1.19 bits per heavy atom. The highest BCUT2D eigenvalue weighted by atomic mass is 35.5. The Bertz CT molecular complexity index is 748. The van der Waals surface area contributed by atoms with Gasteiger partial charge >= 0.3 is 11.9 Å². The fourth-order valence-electron chi connectivity index (χ4n) is 2.15. The molecule has 10 heteroatoms. The summed E-state index contributed by atoms with van der Waals surface area (Å²) in [4.78, 5) is 46.1. The first-order valence-electron chi connectivity index (χ1n) is 7.45. The molecule has 0 radical (unpaired) electrons. The number of aliphatic hydroxyl groups excluding tert-OH is 2. The maximum absolute atomic E-state index is 12.0. The standard InChI is InChI=1S/C16H14Cl2O8/c17-8-2-1-7(5-9(8)18)10(19)3-4-12(21)25-6-11(20)15-13(22)14(23)16(24)26-15/h1-2,5,11,14-15,20,23H,3-4,6H2. The fourth-order valence-corrected chi connectivity index (χ4v) is 2.45. The molecule has 1 saturated heterocycles. The number of ketones is 2. The molecule has 140 valence electrons. The van der Waals surface area contributed by atoms with Crippen molar-refractivity contribution >= 4 is 46.7 Å². The average molecular weight is 405 g/mol. The molecule has 8 nitrogen and oxygen atoms in total. The van der Waals surface area contributed by atoms with E-state index in [2.05, 4.69) is 4.74 Å². The third-order valence-corrected chi connectivity index (χ3v) is 4.32. The highest BCUT2D eigenvalue weighted by Gasteiger charge is 2.46. The smallest absolute Gasteiger partial charge is 0.343 e. The van der Waals surface area contributed by atoms with E-state index in [1.807, 2.05) is 0 Å². The van der Waals surface area contributed by atoms with Gasteiger partial charge in [0.15, 0.2) is 11.9 Å². The second-order valence-corrected chi connectivity index (χ2v) is 6.28. The van der Waals surface area contributed by atoms with Gasteiger partial charge < -0.3 is 19.7 Å². The van der Waals surface area contributed by atoms with E-state index in [9.17, 15) is 24.3 Å². The third kappa shape index (κ3) is 4.79. The number of Topliss-reactive ketones (excluding diaryl/α,β-unsaturated/α-hetero) is 2. The third-order valence-electron chi connectivity index (χ3n) is 3.58. The lowest BCUT2D eigenvalue weighted by atomic mass is 10.1. The van der Waals surface area contributed by atoms with Crippen LogP contribution >= 0.6 is 23.2 Å². The molecule has 1 aromatic rings. The van der Waals surface area contributed by atoms with Gasteiger partial charge in [0.1, 0.15) is 12.7 Å². The molecule has 0 spiro atoms. The summed E-state index contributed by atoms with van der Waals surface area (Å²) < 4.78 is 9.25. The SMILES string of the molecule is O=C(CCC(=O)c1ccc(Cl)c(Cl)c1)OCC(O)C1OC(=O)C(O)C1=O. The summed E-state index contributed by atoms with van der Waals surface area (Å²) in [6, 6.07) is 4.31. The van der Waals surface area contributed by atoms with Crippen molar-refractivity contribution in [2.24, 2.45) is 0 Å². The number of hydrogen-bond donors (Lipinski definition) is 2. The molecule has 26 heavy (non-hydrogen) atoms. The van der Waals surface area contributed by atoms with Crippen molar-refractivity contribution in [3.63, 3.8) is 0 Å². The van der Waals surface area contributed by atoms with Gasteiger partial charge in [0.05, 0.1) is 16.5 Å². The summed E-state index contributed by atoms with van der Waals surface area (Å²) in [5.74, 6) is -3.33.